The van der Waals surface area contributed by atoms with E-state index in [0.29, 0.717) is 11.4 Å². The van der Waals surface area contributed by atoms with Gasteiger partial charge in [-0.2, -0.15) is 5.10 Å². The molecular formula is C17H24N4O5S. The van der Waals surface area contributed by atoms with Crippen molar-refractivity contribution >= 4 is 21.8 Å². The zero-order valence-corrected chi connectivity index (χ0v) is 16.5. The van der Waals surface area contributed by atoms with Crippen LogP contribution in [0.4, 0.5) is 10.5 Å². The molecule has 0 fully saturated rings. The molecule has 1 heterocycles. The number of anilines is 1. The number of hydrogen-bond acceptors (Lipinski definition) is 6. The zero-order valence-electron chi connectivity index (χ0n) is 15.7. The van der Waals surface area contributed by atoms with Crippen LogP contribution in [0.15, 0.2) is 41.6 Å². The van der Waals surface area contributed by atoms with Gasteiger partial charge in [-0.05, 0) is 32.9 Å². The molecule has 0 radical (unpaired) electrons. The van der Waals surface area contributed by atoms with Crippen LogP contribution in [-0.4, -0.2) is 43.0 Å². The van der Waals surface area contributed by atoms with E-state index in [1.807, 2.05) is 0 Å². The fourth-order valence-electron chi connectivity index (χ4n) is 2.04. The Bertz CT molecular complexity index is 887. The van der Waals surface area contributed by atoms with Gasteiger partial charge in [-0.15, -0.1) is 0 Å². The maximum absolute atomic E-state index is 12.3. The van der Waals surface area contributed by atoms with Gasteiger partial charge in [-0.3, -0.25) is 9.40 Å². The Balaban J connectivity index is 1.87. The van der Waals surface area contributed by atoms with E-state index in [1.165, 1.54) is 17.1 Å². The number of aromatic nitrogens is 2. The highest BCUT2D eigenvalue weighted by molar-refractivity contribution is 7.92. The second-order valence-corrected chi connectivity index (χ2v) is 8.44. The van der Waals surface area contributed by atoms with Crippen LogP contribution >= 0.6 is 0 Å². The summed E-state index contributed by atoms with van der Waals surface area (Å²) in [6.07, 6.45) is 2.15. The number of nitrogens with one attached hydrogen (secondary N) is 2. The SMILES string of the molecule is Cn1cc(S(=O)(=O)Nc2cccc(OCCNC(=O)OC(C)(C)C)c2)cn1. The van der Waals surface area contributed by atoms with E-state index in [-0.39, 0.29) is 18.0 Å². The number of benzene rings is 1. The quantitative estimate of drug-likeness (QED) is 0.694. The Morgan fingerprint density at radius 2 is 2.04 bits per heavy atom. The van der Waals surface area contributed by atoms with Crippen molar-refractivity contribution in [1.82, 2.24) is 15.1 Å². The molecule has 0 spiro atoms. The standard InChI is InChI=1S/C17H24N4O5S/c1-17(2,3)26-16(22)18-8-9-25-14-7-5-6-13(10-14)20-27(23,24)15-11-19-21(4)12-15/h5-7,10-12,20H,8-9H2,1-4H3,(H,18,22). The Labute approximate surface area is 158 Å². The lowest BCUT2D eigenvalue weighted by atomic mass is 10.2. The Hall–Kier alpha value is -2.75. The molecule has 2 aromatic rings. The second kappa shape index (κ2) is 8.30. The fourth-order valence-corrected chi connectivity index (χ4v) is 3.07. The third kappa shape index (κ3) is 6.81. The van der Waals surface area contributed by atoms with Gasteiger partial charge in [-0.25, -0.2) is 13.2 Å². The number of carbonyl (C=O) groups excluding carboxylic acids is 1. The normalized spacial score (nSPS) is 11.7. The molecule has 1 amide bonds. The van der Waals surface area contributed by atoms with Crippen molar-refractivity contribution in [2.75, 3.05) is 17.9 Å². The number of amides is 1. The van der Waals surface area contributed by atoms with E-state index in [4.69, 9.17) is 9.47 Å². The number of rotatable bonds is 7. The molecule has 27 heavy (non-hydrogen) atoms. The minimum Gasteiger partial charge on any atom is -0.492 e. The number of sulfonamides is 1. The van der Waals surface area contributed by atoms with Crippen LogP contribution in [0.1, 0.15) is 20.8 Å². The van der Waals surface area contributed by atoms with Gasteiger partial charge in [0, 0.05) is 19.3 Å². The second-order valence-electron chi connectivity index (χ2n) is 6.76. The first kappa shape index (κ1) is 20.6. The predicted molar refractivity (Wildman–Crippen MR) is 100 cm³/mol. The first-order chi connectivity index (χ1) is 12.5. The summed E-state index contributed by atoms with van der Waals surface area (Å²) in [4.78, 5) is 11.6. The molecule has 0 aliphatic rings. The fraction of sp³-hybridized carbons (Fsp3) is 0.412. The summed E-state index contributed by atoms with van der Waals surface area (Å²) in [5.74, 6) is 0.465. The van der Waals surface area contributed by atoms with E-state index in [1.54, 1.807) is 52.1 Å². The minimum atomic E-state index is -3.73. The number of aryl methyl sites for hydroxylation is 1. The molecule has 0 saturated carbocycles. The van der Waals surface area contributed by atoms with Crippen molar-refractivity contribution in [3.05, 3.63) is 36.7 Å². The number of alkyl carbamates (subject to hydrolysis) is 1. The van der Waals surface area contributed by atoms with Gasteiger partial charge < -0.3 is 14.8 Å². The lowest BCUT2D eigenvalue weighted by Gasteiger charge is -2.19. The minimum absolute atomic E-state index is 0.0675. The first-order valence-electron chi connectivity index (χ1n) is 8.26. The van der Waals surface area contributed by atoms with Gasteiger partial charge in [0.05, 0.1) is 18.4 Å². The highest BCUT2D eigenvalue weighted by Gasteiger charge is 2.17. The maximum atomic E-state index is 12.3. The molecule has 0 atom stereocenters. The maximum Gasteiger partial charge on any atom is 0.407 e. The largest absolute Gasteiger partial charge is 0.492 e. The van der Waals surface area contributed by atoms with Gasteiger partial charge in [0.1, 0.15) is 22.9 Å². The first-order valence-corrected chi connectivity index (χ1v) is 9.75. The van der Waals surface area contributed by atoms with Gasteiger partial charge >= 0.3 is 6.09 Å². The number of carbonyl (C=O) groups is 1. The zero-order chi connectivity index (χ0) is 20.1. The molecule has 2 rings (SSSR count). The van der Waals surface area contributed by atoms with Crippen molar-refractivity contribution in [3.8, 4) is 5.75 Å². The third-order valence-corrected chi connectivity index (χ3v) is 4.45. The molecule has 0 aliphatic carbocycles. The van der Waals surface area contributed by atoms with Crippen LogP contribution in [0.2, 0.25) is 0 Å². The van der Waals surface area contributed by atoms with Crippen LogP contribution in [-0.2, 0) is 21.8 Å². The van der Waals surface area contributed by atoms with Crippen molar-refractivity contribution in [3.63, 3.8) is 0 Å². The lowest BCUT2D eigenvalue weighted by Crippen LogP contribution is -2.34. The molecule has 1 aromatic heterocycles. The van der Waals surface area contributed by atoms with Crippen molar-refractivity contribution < 1.29 is 22.7 Å². The highest BCUT2D eigenvalue weighted by atomic mass is 32.2. The van der Waals surface area contributed by atoms with Crippen LogP contribution in [0.25, 0.3) is 0 Å². The summed E-state index contributed by atoms with van der Waals surface area (Å²) < 4.78 is 39.1. The molecule has 0 unspecified atom stereocenters. The average molecular weight is 396 g/mol. The van der Waals surface area contributed by atoms with Crippen molar-refractivity contribution in [2.45, 2.75) is 31.3 Å². The van der Waals surface area contributed by atoms with E-state index in [0.717, 1.165) is 0 Å². The molecule has 0 aliphatic heterocycles. The smallest absolute Gasteiger partial charge is 0.407 e. The van der Waals surface area contributed by atoms with Crippen LogP contribution in [0.3, 0.4) is 0 Å². The molecule has 10 heteroatoms. The van der Waals surface area contributed by atoms with Gasteiger partial charge in [0.15, 0.2) is 0 Å². The Morgan fingerprint density at radius 1 is 1.30 bits per heavy atom. The van der Waals surface area contributed by atoms with Crippen LogP contribution in [0, 0.1) is 0 Å². The molecule has 0 saturated heterocycles. The molecular weight excluding hydrogens is 372 g/mol. The van der Waals surface area contributed by atoms with Crippen molar-refractivity contribution in [1.29, 1.82) is 0 Å². The topological polar surface area (TPSA) is 112 Å². The predicted octanol–water partition coefficient (Wildman–Crippen LogP) is 2.12. The third-order valence-electron chi connectivity index (χ3n) is 3.12. The highest BCUT2D eigenvalue weighted by Crippen LogP contribution is 2.20. The number of nitrogens with zero attached hydrogens (tertiary/aromatic N) is 2. The molecule has 148 valence electrons. The molecule has 9 nitrogen and oxygen atoms in total. The Morgan fingerprint density at radius 3 is 2.67 bits per heavy atom. The summed E-state index contributed by atoms with van der Waals surface area (Å²) in [5.41, 5.74) is -0.207. The number of ether oxygens (including phenoxy) is 2. The van der Waals surface area contributed by atoms with Gasteiger partial charge in [-0.1, -0.05) is 6.07 Å². The van der Waals surface area contributed by atoms with Crippen molar-refractivity contribution in [2.24, 2.45) is 7.05 Å². The van der Waals surface area contributed by atoms with E-state index >= 15 is 0 Å². The summed E-state index contributed by atoms with van der Waals surface area (Å²) in [6, 6.07) is 6.52. The van der Waals surface area contributed by atoms with Gasteiger partial charge in [0.2, 0.25) is 0 Å². The van der Waals surface area contributed by atoms with E-state index < -0.39 is 21.7 Å². The van der Waals surface area contributed by atoms with Gasteiger partial charge in [0.25, 0.3) is 10.0 Å². The molecule has 2 N–H and O–H groups in total. The summed E-state index contributed by atoms with van der Waals surface area (Å²) in [6.45, 7) is 5.79. The van der Waals surface area contributed by atoms with E-state index in [2.05, 4.69) is 15.1 Å². The van der Waals surface area contributed by atoms with Crippen LogP contribution in [0.5, 0.6) is 5.75 Å². The molecule has 1 aromatic carbocycles. The number of hydrogen-bond donors (Lipinski definition) is 2. The monoisotopic (exact) mass is 396 g/mol. The average Bonchev–Trinajstić information content (AvgIpc) is 2.97. The summed E-state index contributed by atoms with van der Waals surface area (Å²) in [5, 5.41) is 6.44. The molecule has 0 bridgehead atoms. The lowest BCUT2D eigenvalue weighted by molar-refractivity contribution is 0.0520. The summed E-state index contributed by atoms with van der Waals surface area (Å²) in [7, 11) is -2.09. The Kier molecular flexibility index (Phi) is 6.32. The summed E-state index contributed by atoms with van der Waals surface area (Å²) >= 11 is 0. The van der Waals surface area contributed by atoms with Crippen LogP contribution < -0.4 is 14.8 Å². The van der Waals surface area contributed by atoms with E-state index in [9.17, 15) is 13.2 Å².